The van der Waals surface area contributed by atoms with Crippen molar-refractivity contribution in [2.24, 2.45) is 0 Å². The molecule has 2 aromatic carbocycles. The van der Waals surface area contributed by atoms with Crippen molar-refractivity contribution in [3.8, 4) is 0 Å². The van der Waals surface area contributed by atoms with Gasteiger partial charge in [-0.15, -0.1) is 0 Å². The molecule has 0 saturated carbocycles. The minimum atomic E-state index is -0.718. The summed E-state index contributed by atoms with van der Waals surface area (Å²) >= 11 is 6.27. The summed E-state index contributed by atoms with van der Waals surface area (Å²) in [6.45, 7) is 0. The van der Waals surface area contributed by atoms with E-state index in [1.807, 2.05) is 0 Å². The quantitative estimate of drug-likeness (QED) is 0.788. The lowest BCUT2D eigenvalue weighted by atomic mass is 10.2. The van der Waals surface area contributed by atoms with Crippen molar-refractivity contribution in [2.45, 2.75) is 0 Å². The fraction of sp³-hybridized carbons (Fsp3) is 0. The molecule has 0 unspecified atom stereocenters. The number of nitrogens with one attached hydrogen (secondary N) is 1. The van der Waals surface area contributed by atoms with Crippen molar-refractivity contribution >= 4 is 43.5 Å². The number of halogens is 4. The van der Waals surface area contributed by atoms with Crippen molar-refractivity contribution in [2.75, 3.05) is 5.32 Å². The third-order valence-electron chi connectivity index (χ3n) is 2.37. The van der Waals surface area contributed by atoms with Crippen LogP contribution in [0.4, 0.5) is 14.5 Å². The zero-order chi connectivity index (χ0) is 14.0. The molecule has 19 heavy (non-hydrogen) atoms. The Morgan fingerprint density at radius 3 is 2.47 bits per heavy atom. The van der Waals surface area contributed by atoms with E-state index >= 15 is 0 Å². The highest BCUT2D eigenvalue weighted by atomic mass is 79.9. The molecule has 0 saturated heterocycles. The van der Waals surface area contributed by atoms with Crippen LogP contribution >= 0.6 is 31.9 Å². The van der Waals surface area contributed by atoms with Crippen LogP contribution in [0.5, 0.6) is 0 Å². The molecule has 0 fully saturated rings. The Morgan fingerprint density at radius 2 is 1.79 bits per heavy atom. The van der Waals surface area contributed by atoms with Gasteiger partial charge in [-0.25, -0.2) is 8.78 Å². The van der Waals surface area contributed by atoms with Crippen molar-refractivity contribution < 1.29 is 13.6 Å². The number of amides is 1. The molecule has 2 rings (SSSR count). The summed E-state index contributed by atoms with van der Waals surface area (Å²) in [5, 5.41) is 2.34. The van der Waals surface area contributed by atoms with Gasteiger partial charge in [0, 0.05) is 8.95 Å². The number of hydrogen-bond donors (Lipinski definition) is 1. The highest BCUT2D eigenvalue weighted by Crippen LogP contribution is 2.26. The van der Waals surface area contributed by atoms with E-state index in [4.69, 9.17) is 0 Å². The van der Waals surface area contributed by atoms with Crippen LogP contribution in [-0.4, -0.2) is 5.91 Å². The van der Waals surface area contributed by atoms with Gasteiger partial charge in [0.15, 0.2) is 0 Å². The van der Waals surface area contributed by atoms with E-state index in [9.17, 15) is 13.6 Å². The summed E-state index contributed by atoms with van der Waals surface area (Å²) in [5.41, 5.74) is -0.184. The van der Waals surface area contributed by atoms with Gasteiger partial charge in [0.05, 0.1) is 11.3 Å². The van der Waals surface area contributed by atoms with Gasteiger partial charge in [-0.05, 0) is 46.3 Å². The molecule has 0 heterocycles. The first-order chi connectivity index (χ1) is 8.99. The number of rotatable bonds is 2. The molecular weight excluding hydrogens is 384 g/mol. The van der Waals surface area contributed by atoms with Crippen molar-refractivity contribution in [3.05, 3.63) is 62.5 Å². The largest absolute Gasteiger partial charge is 0.318 e. The lowest BCUT2D eigenvalue weighted by Gasteiger charge is -2.09. The minimum absolute atomic E-state index is 0.0214. The molecular formula is C13H7Br2F2NO. The van der Waals surface area contributed by atoms with Crippen LogP contribution in [0.1, 0.15) is 10.4 Å². The topological polar surface area (TPSA) is 29.1 Å². The maximum absolute atomic E-state index is 13.6. The van der Waals surface area contributed by atoms with Crippen LogP contribution in [0.15, 0.2) is 45.3 Å². The van der Waals surface area contributed by atoms with E-state index in [1.165, 1.54) is 24.3 Å². The normalized spacial score (nSPS) is 10.3. The van der Waals surface area contributed by atoms with E-state index in [2.05, 4.69) is 37.2 Å². The van der Waals surface area contributed by atoms with Gasteiger partial charge >= 0.3 is 0 Å². The molecule has 0 aliphatic carbocycles. The van der Waals surface area contributed by atoms with Crippen LogP contribution in [0.2, 0.25) is 0 Å². The van der Waals surface area contributed by atoms with Gasteiger partial charge in [0.25, 0.3) is 5.91 Å². The highest BCUT2D eigenvalue weighted by molar-refractivity contribution is 9.10. The Kier molecular flexibility index (Phi) is 4.31. The molecule has 0 spiro atoms. The van der Waals surface area contributed by atoms with E-state index in [-0.39, 0.29) is 11.3 Å². The Bertz CT molecular complexity index is 626. The first-order valence-corrected chi connectivity index (χ1v) is 6.78. The van der Waals surface area contributed by atoms with Crippen molar-refractivity contribution in [1.82, 2.24) is 0 Å². The average Bonchev–Trinajstić information content (AvgIpc) is 2.37. The molecule has 98 valence electrons. The van der Waals surface area contributed by atoms with E-state index in [1.54, 1.807) is 6.07 Å². The lowest BCUT2D eigenvalue weighted by molar-refractivity contribution is 0.102. The van der Waals surface area contributed by atoms with Crippen molar-refractivity contribution in [3.63, 3.8) is 0 Å². The second kappa shape index (κ2) is 5.79. The van der Waals surface area contributed by atoms with Gasteiger partial charge < -0.3 is 5.32 Å². The first kappa shape index (κ1) is 14.1. The number of para-hydroxylation sites is 1. The molecule has 2 aromatic rings. The highest BCUT2D eigenvalue weighted by Gasteiger charge is 2.15. The summed E-state index contributed by atoms with van der Waals surface area (Å²) in [5.74, 6) is -1.99. The number of carbonyl (C=O) groups excluding carboxylic acids is 1. The van der Waals surface area contributed by atoms with E-state index < -0.39 is 17.5 Å². The van der Waals surface area contributed by atoms with Gasteiger partial charge in [-0.3, -0.25) is 4.79 Å². The molecule has 2 nitrogen and oxygen atoms in total. The molecule has 0 radical (unpaired) electrons. The summed E-state index contributed by atoms with van der Waals surface area (Å²) < 4.78 is 28.0. The second-order valence-corrected chi connectivity index (χ2v) is 5.44. The third-order valence-corrected chi connectivity index (χ3v) is 3.53. The third kappa shape index (κ3) is 3.19. The Balaban J connectivity index is 2.34. The van der Waals surface area contributed by atoms with Crippen molar-refractivity contribution in [1.29, 1.82) is 0 Å². The second-order valence-electron chi connectivity index (χ2n) is 3.67. The molecule has 6 heteroatoms. The Morgan fingerprint density at radius 1 is 1.05 bits per heavy atom. The fourth-order valence-electron chi connectivity index (χ4n) is 1.47. The number of carbonyl (C=O) groups is 1. The van der Waals surface area contributed by atoms with Crippen LogP contribution in [0.3, 0.4) is 0 Å². The van der Waals surface area contributed by atoms with Crippen LogP contribution in [0.25, 0.3) is 0 Å². The SMILES string of the molecule is O=C(Nc1c(F)cccc1Br)c1cc(Br)ccc1F. The molecule has 1 N–H and O–H groups in total. The summed E-state index contributed by atoms with van der Waals surface area (Å²) in [7, 11) is 0. The van der Waals surface area contributed by atoms with Gasteiger partial charge in [-0.1, -0.05) is 22.0 Å². The standard InChI is InChI=1S/C13H7Br2F2NO/c14-7-4-5-10(16)8(6-7)13(19)18-12-9(15)2-1-3-11(12)17/h1-6H,(H,18,19). The lowest BCUT2D eigenvalue weighted by Crippen LogP contribution is -2.15. The average molecular weight is 391 g/mol. The van der Waals surface area contributed by atoms with Gasteiger partial charge in [-0.2, -0.15) is 0 Å². The van der Waals surface area contributed by atoms with E-state index in [0.29, 0.717) is 8.95 Å². The molecule has 0 atom stereocenters. The summed E-state index contributed by atoms with van der Waals surface area (Å²) in [6, 6.07) is 8.25. The number of hydrogen-bond acceptors (Lipinski definition) is 1. The zero-order valence-corrected chi connectivity index (χ0v) is 12.6. The number of anilines is 1. The zero-order valence-electron chi connectivity index (χ0n) is 9.38. The smallest absolute Gasteiger partial charge is 0.258 e. The molecule has 0 aliphatic rings. The van der Waals surface area contributed by atoms with Crippen LogP contribution in [-0.2, 0) is 0 Å². The maximum Gasteiger partial charge on any atom is 0.258 e. The monoisotopic (exact) mass is 389 g/mol. The predicted octanol–water partition coefficient (Wildman–Crippen LogP) is 4.74. The van der Waals surface area contributed by atoms with Gasteiger partial charge in [0.1, 0.15) is 11.6 Å². The molecule has 0 aromatic heterocycles. The minimum Gasteiger partial charge on any atom is -0.318 e. The number of benzene rings is 2. The van der Waals surface area contributed by atoms with Gasteiger partial charge in [0.2, 0.25) is 0 Å². The van der Waals surface area contributed by atoms with E-state index in [0.717, 1.165) is 6.07 Å². The summed E-state index contributed by atoms with van der Waals surface area (Å²) in [4.78, 5) is 11.9. The van der Waals surface area contributed by atoms with Crippen LogP contribution < -0.4 is 5.32 Å². The summed E-state index contributed by atoms with van der Waals surface area (Å²) in [6.07, 6.45) is 0. The maximum atomic E-state index is 13.6. The first-order valence-electron chi connectivity index (χ1n) is 5.19. The van der Waals surface area contributed by atoms with Crippen LogP contribution in [0, 0.1) is 11.6 Å². The fourth-order valence-corrected chi connectivity index (χ4v) is 2.27. The molecule has 1 amide bonds. The predicted molar refractivity (Wildman–Crippen MR) is 76.2 cm³/mol. The molecule has 0 aliphatic heterocycles. The molecule has 0 bridgehead atoms. The Labute approximate surface area is 125 Å². The Hall–Kier alpha value is -1.27.